The van der Waals surface area contributed by atoms with Crippen LogP contribution in [-0.4, -0.2) is 48.9 Å². The molecule has 0 radical (unpaired) electrons. The Kier molecular flexibility index (Phi) is 6.23. The van der Waals surface area contributed by atoms with Gasteiger partial charge in [0.1, 0.15) is 0 Å². The summed E-state index contributed by atoms with van der Waals surface area (Å²) in [4.78, 5) is 16.6. The lowest BCUT2D eigenvalue weighted by atomic mass is 9.86. The van der Waals surface area contributed by atoms with Gasteiger partial charge in [-0.25, -0.2) is 0 Å². The van der Waals surface area contributed by atoms with Gasteiger partial charge in [0.15, 0.2) is 0 Å². The minimum absolute atomic E-state index is 0.185. The van der Waals surface area contributed by atoms with Crippen molar-refractivity contribution in [2.24, 2.45) is 0 Å². The molecular formula is C20H32N2O. The van der Waals surface area contributed by atoms with Crippen molar-refractivity contribution in [2.75, 3.05) is 33.2 Å². The number of amides is 1. The number of aryl methyl sites for hydroxylation is 1. The number of rotatable bonds is 6. The summed E-state index contributed by atoms with van der Waals surface area (Å²) in [5.41, 5.74) is 2.78. The van der Waals surface area contributed by atoms with Crippen LogP contribution >= 0.6 is 0 Å². The maximum Gasteiger partial charge on any atom is 0.222 e. The third kappa shape index (κ3) is 5.65. The van der Waals surface area contributed by atoms with Crippen LogP contribution in [-0.2, 0) is 16.6 Å². The molecule has 0 spiro atoms. The second kappa shape index (κ2) is 7.96. The molecule has 0 aromatic heterocycles. The Hall–Kier alpha value is -1.35. The fourth-order valence-electron chi connectivity index (χ4n) is 3.04. The molecule has 2 rings (SSSR count). The van der Waals surface area contributed by atoms with Crippen molar-refractivity contribution in [3.05, 3.63) is 35.4 Å². The molecule has 3 heteroatoms. The number of benzene rings is 1. The van der Waals surface area contributed by atoms with E-state index in [1.807, 2.05) is 11.9 Å². The third-order valence-corrected chi connectivity index (χ3v) is 4.82. The molecule has 1 aromatic rings. The summed E-state index contributed by atoms with van der Waals surface area (Å²) in [5.74, 6) is 0.254. The first kappa shape index (κ1) is 18.0. The minimum Gasteiger partial charge on any atom is -0.344 e. The van der Waals surface area contributed by atoms with E-state index in [4.69, 9.17) is 0 Å². The Labute approximate surface area is 141 Å². The first-order valence-corrected chi connectivity index (χ1v) is 8.92. The quantitative estimate of drug-likeness (QED) is 0.802. The fourth-order valence-corrected chi connectivity index (χ4v) is 3.04. The van der Waals surface area contributed by atoms with Gasteiger partial charge in [0.05, 0.1) is 0 Å². The van der Waals surface area contributed by atoms with Gasteiger partial charge in [-0.15, -0.1) is 0 Å². The van der Waals surface area contributed by atoms with Gasteiger partial charge in [0.2, 0.25) is 5.91 Å². The largest absolute Gasteiger partial charge is 0.344 e. The average molecular weight is 316 g/mol. The summed E-state index contributed by atoms with van der Waals surface area (Å²) in [6.07, 6.45) is 4.05. The minimum atomic E-state index is 0.185. The Morgan fingerprint density at radius 1 is 1.13 bits per heavy atom. The summed E-state index contributed by atoms with van der Waals surface area (Å²) in [6, 6.07) is 8.71. The Balaban J connectivity index is 1.74. The van der Waals surface area contributed by atoms with E-state index in [0.29, 0.717) is 6.42 Å². The standard InChI is InChI=1S/C20H32N2O/c1-20(2,3)18-10-7-17(8-11-18)9-12-19(23)21(4)15-16-22-13-5-6-14-22/h7-8,10-11H,5-6,9,12-16H2,1-4H3. The van der Waals surface area contributed by atoms with Crippen LogP contribution in [0.1, 0.15) is 51.2 Å². The molecule has 1 saturated heterocycles. The van der Waals surface area contributed by atoms with E-state index in [1.54, 1.807) is 0 Å². The molecule has 1 amide bonds. The van der Waals surface area contributed by atoms with Crippen LogP contribution in [0.2, 0.25) is 0 Å². The van der Waals surface area contributed by atoms with Gasteiger partial charge < -0.3 is 9.80 Å². The van der Waals surface area contributed by atoms with E-state index < -0.39 is 0 Å². The second-order valence-electron chi connectivity index (χ2n) is 7.81. The highest BCUT2D eigenvalue weighted by molar-refractivity contribution is 5.76. The van der Waals surface area contributed by atoms with Crippen LogP contribution in [0.25, 0.3) is 0 Å². The Morgan fingerprint density at radius 2 is 1.74 bits per heavy atom. The van der Waals surface area contributed by atoms with Crippen LogP contribution in [0.15, 0.2) is 24.3 Å². The molecule has 1 aliphatic rings. The highest BCUT2D eigenvalue weighted by Gasteiger charge is 2.15. The zero-order valence-corrected chi connectivity index (χ0v) is 15.3. The molecule has 3 nitrogen and oxygen atoms in total. The normalized spacial score (nSPS) is 15.8. The molecule has 1 fully saturated rings. The predicted octanol–water partition coefficient (Wildman–Crippen LogP) is 3.47. The molecule has 128 valence electrons. The summed E-state index contributed by atoms with van der Waals surface area (Å²) in [6.45, 7) is 10.9. The molecule has 1 aliphatic heterocycles. The topological polar surface area (TPSA) is 23.6 Å². The predicted molar refractivity (Wildman–Crippen MR) is 96.8 cm³/mol. The van der Waals surface area contributed by atoms with Crippen molar-refractivity contribution >= 4 is 5.91 Å². The number of carbonyl (C=O) groups is 1. The van der Waals surface area contributed by atoms with E-state index in [-0.39, 0.29) is 11.3 Å². The molecular weight excluding hydrogens is 284 g/mol. The van der Waals surface area contributed by atoms with Crippen molar-refractivity contribution < 1.29 is 4.79 Å². The van der Waals surface area contributed by atoms with Crippen molar-refractivity contribution in [3.63, 3.8) is 0 Å². The average Bonchev–Trinajstić information content (AvgIpc) is 3.03. The van der Waals surface area contributed by atoms with E-state index in [2.05, 4.69) is 49.9 Å². The van der Waals surface area contributed by atoms with Gasteiger partial charge in [-0.2, -0.15) is 0 Å². The first-order valence-electron chi connectivity index (χ1n) is 8.92. The van der Waals surface area contributed by atoms with Crippen LogP contribution in [0, 0.1) is 0 Å². The van der Waals surface area contributed by atoms with Crippen LogP contribution in [0.4, 0.5) is 0 Å². The van der Waals surface area contributed by atoms with Crippen LogP contribution < -0.4 is 0 Å². The zero-order chi connectivity index (χ0) is 16.9. The molecule has 1 aromatic carbocycles. The number of likely N-dealkylation sites (N-methyl/N-ethyl adjacent to an activating group) is 1. The number of hydrogen-bond acceptors (Lipinski definition) is 2. The monoisotopic (exact) mass is 316 g/mol. The van der Waals surface area contributed by atoms with E-state index >= 15 is 0 Å². The zero-order valence-electron chi connectivity index (χ0n) is 15.3. The fraction of sp³-hybridized carbons (Fsp3) is 0.650. The smallest absolute Gasteiger partial charge is 0.222 e. The molecule has 0 atom stereocenters. The van der Waals surface area contributed by atoms with Crippen molar-refractivity contribution in [1.29, 1.82) is 0 Å². The van der Waals surface area contributed by atoms with Gasteiger partial charge in [0, 0.05) is 26.6 Å². The van der Waals surface area contributed by atoms with Crippen molar-refractivity contribution in [3.8, 4) is 0 Å². The summed E-state index contributed by atoms with van der Waals surface area (Å²) in [7, 11) is 1.93. The second-order valence-corrected chi connectivity index (χ2v) is 7.81. The highest BCUT2D eigenvalue weighted by Crippen LogP contribution is 2.22. The van der Waals surface area contributed by atoms with Gasteiger partial charge in [-0.3, -0.25) is 4.79 Å². The molecule has 0 N–H and O–H groups in total. The lowest BCUT2D eigenvalue weighted by molar-refractivity contribution is -0.130. The molecule has 0 unspecified atom stereocenters. The summed E-state index contributed by atoms with van der Waals surface area (Å²) in [5, 5.41) is 0. The number of hydrogen-bond donors (Lipinski definition) is 0. The molecule has 23 heavy (non-hydrogen) atoms. The van der Waals surface area contributed by atoms with Gasteiger partial charge in [-0.05, 0) is 48.9 Å². The maximum absolute atomic E-state index is 12.3. The molecule has 0 saturated carbocycles. The summed E-state index contributed by atoms with van der Waals surface area (Å²) < 4.78 is 0. The number of carbonyl (C=O) groups excluding carboxylic acids is 1. The lowest BCUT2D eigenvalue weighted by Gasteiger charge is -2.22. The van der Waals surface area contributed by atoms with Crippen LogP contribution in [0.3, 0.4) is 0 Å². The van der Waals surface area contributed by atoms with Gasteiger partial charge >= 0.3 is 0 Å². The highest BCUT2D eigenvalue weighted by atomic mass is 16.2. The SMILES string of the molecule is CN(CCN1CCCC1)C(=O)CCc1ccc(C(C)(C)C)cc1. The lowest BCUT2D eigenvalue weighted by Crippen LogP contribution is -2.35. The Morgan fingerprint density at radius 3 is 2.30 bits per heavy atom. The van der Waals surface area contributed by atoms with Crippen molar-refractivity contribution in [1.82, 2.24) is 9.80 Å². The number of nitrogens with zero attached hydrogens (tertiary/aromatic N) is 2. The third-order valence-electron chi connectivity index (χ3n) is 4.82. The Bertz CT molecular complexity index is 495. The first-order chi connectivity index (χ1) is 10.9. The molecule has 0 aliphatic carbocycles. The summed E-state index contributed by atoms with van der Waals surface area (Å²) >= 11 is 0. The van der Waals surface area contributed by atoms with Crippen molar-refractivity contribution in [2.45, 2.75) is 51.9 Å². The van der Waals surface area contributed by atoms with Gasteiger partial charge in [0.25, 0.3) is 0 Å². The van der Waals surface area contributed by atoms with E-state index in [0.717, 1.165) is 19.5 Å². The van der Waals surface area contributed by atoms with Gasteiger partial charge in [-0.1, -0.05) is 45.0 Å². The van der Waals surface area contributed by atoms with E-state index in [9.17, 15) is 4.79 Å². The number of likely N-dealkylation sites (tertiary alicyclic amines) is 1. The molecule has 0 bridgehead atoms. The molecule has 1 heterocycles. The van der Waals surface area contributed by atoms with E-state index in [1.165, 1.54) is 37.1 Å². The van der Waals surface area contributed by atoms with Crippen LogP contribution in [0.5, 0.6) is 0 Å². The maximum atomic E-state index is 12.3.